The van der Waals surface area contributed by atoms with E-state index in [0.29, 0.717) is 29.7 Å². The molecule has 0 spiro atoms. The van der Waals surface area contributed by atoms with Gasteiger partial charge in [-0.2, -0.15) is 4.98 Å². The van der Waals surface area contributed by atoms with Gasteiger partial charge in [0.15, 0.2) is 5.82 Å². The number of nitrogens with zero attached hydrogens (tertiary/aromatic N) is 2. The van der Waals surface area contributed by atoms with Crippen molar-refractivity contribution in [3.8, 4) is 5.75 Å². The SMILES string of the molecule is COc1cccc(NCc2noc(C)n2)c1N. The van der Waals surface area contributed by atoms with Crippen molar-refractivity contribution in [2.75, 3.05) is 18.2 Å². The summed E-state index contributed by atoms with van der Waals surface area (Å²) >= 11 is 0. The summed E-state index contributed by atoms with van der Waals surface area (Å²) in [6.45, 7) is 2.20. The number of aryl methyl sites for hydroxylation is 1. The number of nitrogen functional groups attached to an aromatic ring is 1. The van der Waals surface area contributed by atoms with Gasteiger partial charge in [0.2, 0.25) is 5.89 Å². The van der Waals surface area contributed by atoms with Crippen molar-refractivity contribution < 1.29 is 9.26 Å². The standard InChI is InChI=1S/C11H14N4O2/c1-7-14-10(15-17-7)6-13-8-4-3-5-9(16-2)11(8)12/h3-5,13H,6,12H2,1-2H3. The van der Waals surface area contributed by atoms with E-state index in [4.69, 9.17) is 15.0 Å². The van der Waals surface area contributed by atoms with Crippen LogP contribution in [0.25, 0.3) is 0 Å². The largest absolute Gasteiger partial charge is 0.495 e. The highest BCUT2D eigenvalue weighted by molar-refractivity contribution is 5.72. The Kier molecular flexibility index (Phi) is 3.13. The topological polar surface area (TPSA) is 86.2 Å². The highest BCUT2D eigenvalue weighted by Crippen LogP contribution is 2.28. The second kappa shape index (κ2) is 4.73. The first-order valence-electron chi connectivity index (χ1n) is 5.16. The van der Waals surface area contributed by atoms with Crippen LogP contribution in [0, 0.1) is 6.92 Å². The number of anilines is 2. The molecular formula is C11H14N4O2. The number of nitrogens with one attached hydrogen (secondary N) is 1. The molecule has 2 aromatic rings. The molecule has 1 aromatic carbocycles. The van der Waals surface area contributed by atoms with Crippen LogP contribution in [0.1, 0.15) is 11.7 Å². The molecule has 17 heavy (non-hydrogen) atoms. The molecule has 1 aromatic heterocycles. The molecular weight excluding hydrogens is 220 g/mol. The van der Waals surface area contributed by atoms with Crippen molar-refractivity contribution in [1.82, 2.24) is 10.1 Å². The van der Waals surface area contributed by atoms with E-state index >= 15 is 0 Å². The molecule has 0 atom stereocenters. The fourth-order valence-corrected chi connectivity index (χ4v) is 1.46. The molecule has 0 fully saturated rings. The predicted molar refractivity (Wildman–Crippen MR) is 63.8 cm³/mol. The van der Waals surface area contributed by atoms with E-state index in [2.05, 4.69) is 15.5 Å². The van der Waals surface area contributed by atoms with Crippen molar-refractivity contribution >= 4 is 11.4 Å². The van der Waals surface area contributed by atoms with Gasteiger partial charge in [0, 0.05) is 6.92 Å². The third-order valence-electron chi connectivity index (χ3n) is 2.29. The Hall–Kier alpha value is -2.24. The van der Waals surface area contributed by atoms with E-state index in [9.17, 15) is 0 Å². The summed E-state index contributed by atoms with van der Waals surface area (Å²) in [5, 5.41) is 6.91. The minimum atomic E-state index is 0.453. The minimum Gasteiger partial charge on any atom is -0.495 e. The van der Waals surface area contributed by atoms with Crippen molar-refractivity contribution in [2.45, 2.75) is 13.5 Å². The smallest absolute Gasteiger partial charge is 0.223 e. The molecule has 3 N–H and O–H groups in total. The number of methoxy groups -OCH3 is 1. The van der Waals surface area contributed by atoms with Crippen LogP contribution >= 0.6 is 0 Å². The Bertz CT molecular complexity index is 510. The third kappa shape index (κ3) is 2.47. The van der Waals surface area contributed by atoms with E-state index in [-0.39, 0.29) is 0 Å². The molecule has 0 amide bonds. The number of hydrogen-bond donors (Lipinski definition) is 2. The quantitative estimate of drug-likeness (QED) is 0.781. The van der Waals surface area contributed by atoms with Crippen LogP contribution in [-0.4, -0.2) is 17.3 Å². The highest BCUT2D eigenvalue weighted by Gasteiger charge is 2.06. The molecule has 0 aliphatic carbocycles. The molecule has 0 aliphatic rings. The van der Waals surface area contributed by atoms with Crippen LogP contribution in [0.5, 0.6) is 5.75 Å². The molecule has 2 rings (SSSR count). The average molecular weight is 234 g/mol. The van der Waals surface area contributed by atoms with Gasteiger partial charge in [0.25, 0.3) is 0 Å². The number of rotatable bonds is 4. The van der Waals surface area contributed by atoms with Crippen LogP contribution in [0.15, 0.2) is 22.7 Å². The van der Waals surface area contributed by atoms with E-state index < -0.39 is 0 Å². The first kappa shape index (κ1) is 11.3. The lowest BCUT2D eigenvalue weighted by Crippen LogP contribution is -2.04. The zero-order valence-electron chi connectivity index (χ0n) is 9.73. The Balaban J connectivity index is 2.09. The summed E-state index contributed by atoms with van der Waals surface area (Å²) in [5.74, 6) is 1.77. The van der Waals surface area contributed by atoms with Crippen LogP contribution < -0.4 is 15.8 Å². The Morgan fingerprint density at radius 1 is 1.47 bits per heavy atom. The number of para-hydroxylation sites is 1. The fraction of sp³-hybridized carbons (Fsp3) is 0.273. The average Bonchev–Trinajstić information content (AvgIpc) is 2.74. The molecule has 0 saturated heterocycles. The lowest BCUT2D eigenvalue weighted by Gasteiger charge is -2.10. The Morgan fingerprint density at radius 2 is 2.29 bits per heavy atom. The van der Waals surface area contributed by atoms with Gasteiger partial charge in [-0.05, 0) is 12.1 Å². The van der Waals surface area contributed by atoms with E-state index in [1.165, 1.54) is 0 Å². The number of hydrogen-bond acceptors (Lipinski definition) is 6. The molecule has 0 saturated carbocycles. The zero-order valence-corrected chi connectivity index (χ0v) is 9.73. The second-order valence-electron chi connectivity index (χ2n) is 3.50. The van der Waals surface area contributed by atoms with E-state index in [0.717, 1.165) is 5.69 Å². The van der Waals surface area contributed by atoms with Crippen LogP contribution in [0.4, 0.5) is 11.4 Å². The third-order valence-corrected chi connectivity index (χ3v) is 2.29. The van der Waals surface area contributed by atoms with E-state index in [1.807, 2.05) is 12.1 Å². The molecule has 0 radical (unpaired) electrons. The van der Waals surface area contributed by atoms with Gasteiger partial charge in [0.05, 0.1) is 25.0 Å². The number of ether oxygens (including phenoxy) is 1. The van der Waals surface area contributed by atoms with Crippen LogP contribution in [0.3, 0.4) is 0 Å². The second-order valence-corrected chi connectivity index (χ2v) is 3.50. The normalized spacial score (nSPS) is 10.2. The lowest BCUT2D eigenvalue weighted by atomic mass is 10.2. The zero-order chi connectivity index (χ0) is 12.3. The van der Waals surface area contributed by atoms with Crippen LogP contribution in [0.2, 0.25) is 0 Å². The van der Waals surface area contributed by atoms with Gasteiger partial charge < -0.3 is 20.3 Å². The maximum absolute atomic E-state index is 5.91. The minimum absolute atomic E-state index is 0.453. The summed E-state index contributed by atoms with van der Waals surface area (Å²) in [4.78, 5) is 4.09. The Labute approximate surface area is 98.8 Å². The fourth-order valence-electron chi connectivity index (χ4n) is 1.46. The highest BCUT2D eigenvalue weighted by atomic mass is 16.5. The molecule has 6 nitrogen and oxygen atoms in total. The Morgan fingerprint density at radius 3 is 2.94 bits per heavy atom. The van der Waals surface area contributed by atoms with Crippen LogP contribution in [-0.2, 0) is 6.54 Å². The molecule has 90 valence electrons. The van der Waals surface area contributed by atoms with Gasteiger partial charge in [-0.3, -0.25) is 0 Å². The number of aromatic nitrogens is 2. The summed E-state index contributed by atoms with van der Waals surface area (Å²) in [6.07, 6.45) is 0. The summed E-state index contributed by atoms with van der Waals surface area (Å²) < 4.78 is 10.00. The molecule has 0 aliphatic heterocycles. The molecule has 6 heteroatoms. The van der Waals surface area contributed by atoms with E-state index in [1.54, 1.807) is 20.1 Å². The molecule has 1 heterocycles. The summed E-state index contributed by atoms with van der Waals surface area (Å²) in [6, 6.07) is 5.53. The summed E-state index contributed by atoms with van der Waals surface area (Å²) in [7, 11) is 1.58. The van der Waals surface area contributed by atoms with Crippen molar-refractivity contribution in [2.24, 2.45) is 0 Å². The molecule has 0 bridgehead atoms. The van der Waals surface area contributed by atoms with Crippen molar-refractivity contribution in [1.29, 1.82) is 0 Å². The van der Waals surface area contributed by atoms with Gasteiger partial charge in [-0.15, -0.1) is 0 Å². The monoisotopic (exact) mass is 234 g/mol. The lowest BCUT2D eigenvalue weighted by molar-refractivity contribution is 0.388. The maximum atomic E-state index is 5.91. The predicted octanol–water partition coefficient (Wildman–Crippen LogP) is 1.58. The maximum Gasteiger partial charge on any atom is 0.223 e. The number of benzene rings is 1. The van der Waals surface area contributed by atoms with Gasteiger partial charge >= 0.3 is 0 Å². The van der Waals surface area contributed by atoms with Gasteiger partial charge in [-0.1, -0.05) is 11.2 Å². The van der Waals surface area contributed by atoms with Crippen molar-refractivity contribution in [3.63, 3.8) is 0 Å². The number of nitrogens with two attached hydrogens (primary N) is 1. The first-order valence-corrected chi connectivity index (χ1v) is 5.16. The first-order chi connectivity index (χ1) is 8.20. The van der Waals surface area contributed by atoms with Crippen molar-refractivity contribution in [3.05, 3.63) is 29.9 Å². The van der Waals surface area contributed by atoms with Gasteiger partial charge in [-0.25, -0.2) is 0 Å². The molecule has 0 unspecified atom stereocenters. The summed E-state index contributed by atoms with van der Waals surface area (Å²) in [5.41, 5.74) is 7.26. The van der Waals surface area contributed by atoms with Gasteiger partial charge in [0.1, 0.15) is 5.75 Å².